The van der Waals surface area contributed by atoms with Gasteiger partial charge >= 0.3 is 0 Å². The van der Waals surface area contributed by atoms with E-state index < -0.39 is 10.0 Å². The number of aromatic nitrogens is 3. The number of nitrogens with zero attached hydrogens (tertiary/aromatic N) is 5. The molecule has 10 heteroatoms. The van der Waals surface area contributed by atoms with Crippen LogP contribution in [0.25, 0.3) is 11.0 Å². The molecule has 1 N–H and O–H groups in total. The van der Waals surface area contributed by atoms with Crippen molar-refractivity contribution in [3.63, 3.8) is 0 Å². The Kier molecular flexibility index (Phi) is 7.65. The maximum absolute atomic E-state index is 13.3. The van der Waals surface area contributed by atoms with Crippen LogP contribution in [0.1, 0.15) is 58.4 Å². The van der Waals surface area contributed by atoms with Gasteiger partial charge in [-0.25, -0.2) is 13.1 Å². The lowest BCUT2D eigenvalue weighted by atomic mass is 9.99. The lowest BCUT2D eigenvalue weighted by molar-refractivity contribution is -0.126. The molecular weight excluding hydrogens is 440 g/mol. The van der Waals surface area contributed by atoms with Crippen molar-refractivity contribution in [3.8, 4) is 0 Å². The van der Waals surface area contributed by atoms with Crippen LogP contribution in [0, 0.1) is 5.92 Å². The molecule has 1 atom stereocenters. The van der Waals surface area contributed by atoms with Gasteiger partial charge in [-0.1, -0.05) is 11.6 Å². The van der Waals surface area contributed by atoms with Gasteiger partial charge in [0, 0.05) is 25.7 Å². The van der Waals surface area contributed by atoms with Gasteiger partial charge in [-0.05, 0) is 83.8 Å². The molecule has 33 heavy (non-hydrogen) atoms. The third kappa shape index (κ3) is 5.55. The Morgan fingerprint density at radius 1 is 1.15 bits per heavy atom. The smallest absolute Gasteiger partial charge is 0.243 e. The Balaban J connectivity index is 1.34. The minimum atomic E-state index is -3.70. The number of sulfonamides is 1. The summed E-state index contributed by atoms with van der Waals surface area (Å²) in [6.45, 7) is 8.62. The quantitative estimate of drug-likeness (QED) is 0.587. The molecule has 1 aromatic carbocycles. The van der Waals surface area contributed by atoms with Crippen molar-refractivity contribution >= 4 is 27.0 Å². The second kappa shape index (κ2) is 10.5. The summed E-state index contributed by atoms with van der Waals surface area (Å²) < 4.78 is 29.8. The molecule has 2 aliphatic rings. The van der Waals surface area contributed by atoms with Crippen LogP contribution in [0.4, 0.5) is 0 Å². The maximum atomic E-state index is 13.3. The highest BCUT2D eigenvalue weighted by molar-refractivity contribution is 7.89. The Hall–Kier alpha value is -2.04. The number of hydrogen-bond donors (Lipinski definition) is 1. The average Bonchev–Trinajstić information content (AvgIpc) is 3.26. The normalized spacial score (nSPS) is 21.0. The molecule has 2 saturated heterocycles. The van der Waals surface area contributed by atoms with Gasteiger partial charge in [0.15, 0.2) is 0 Å². The fourth-order valence-corrected chi connectivity index (χ4v) is 6.37. The van der Waals surface area contributed by atoms with Crippen LogP contribution < -0.4 is 5.32 Å². The van der Waals surface area contributed by atoms with Crippen molar-refractivity contribution in [2.75, 3.05) is 39.3 Å². The minimum Gasteiger partial charge on any atom is -0.356 e. The summed E-state index contributed by atoms with van der Waals surface area (Å²) in [5.41, 5.74) is 1.37. The van der Waals surface area contributed by atoms with Crippen molar-refractivity contribution in [2.24, 2.45) is 5.92 Å². The van der Waals surface area contributed by atoms with Crippen molar-refractivity contribution in [1.82, 2.24) is 29.5 Å². The number of fused-ring (bicyclic) bond motifs is 1. The van der Waals surface area contributed by atoms with Crippen LogP contribution in [-0.4, -0.2) is 77.8 Å². The molecular formula is C23H36N6O3S. The summed E-state index contributed by atoms with van der Waals surface area (Å²) in [6.07, 6.45) is 6.17. The fourth-order valence-electron chi connectivity index (χ4n) is 4.83. The average molecular weight is 477 g/mol. The summed E-state index contributed by atoms with van der Waals surface area (Å²) in [5, 5.41) is 11.3. The number of likely N-dealkylation sites (tertiary alicyclic amines) is 1. The molecule has 0 radical (unpaired) electrons. The second-order valence-electron chi connectivity index (χ2n) is 9.53. The number of benzene rings is 1. The highest BCUT2D eigenvalue weighted by atomic mass is 32.2. The van der Waals surface area contributed by atoms with E-state index in [9.17, 15) is 13.2 Å². The molecule has 0 saturated carbocycles. The minimum absolute atomic E-state index is 0.0381. The maximum Gasteiger partial charge on any atom is 0.243 e. The van der Waals surface area contributed by atoms with Crippen molar-refractivity contribution < 1.29 is 13.2 Å². The zero-order chi connectivity index (χ0) is 23.4. The van der Waals surface area contributed by atoms with E-state index in [2.05, 4.69) is 20.5 Å². The first-order valence-corrected chi connectivity index (χ1v) is 13.7. The molecule has 182 valence electrons. The summed E-state index contributed by atoms with van der Waals surface area (Å²) in [6, 6.07) is 5.10. The number of rotatable bonds is 8. The van der Waals surface area contributed by atoms with E-state index in [-0.39, 0.29) is 29.3 Å². The first-order chi connectivity index (χ1) is 15.9. The van der Waals surface area contributed by atoms with Crippen LogP contribution in [0.2, 0.25) is 0 Å². The van der Waals surface area contributed by atoms with Gasteiger partial charge in [0.1, 0.15) is 5.52 Å². The van der Waals surface area contributed by atoms with E-state index in [1.807, 2.05) is 13.8 Å². The molecule has 0 bridgehead atoms. The van der Waals surface area contributed by atoms with Crippen LogP contribution in [-0.2, 0) is 14.8 Å². The lowest BCUT2D eigenvalue weighted by Crippen LogP contribution is -2.45. The molecule has 0 aliphatic carbocycles. The zero-order valence-corrected chi connectivity index (χ0v) is 20.6. The fraction of sp³-hybridized carbons (Fsp3) is 0.696. The number of amides is 1. The van der Waals surface area contributed by atoms with Gasteiger partial charge < -0.3 is 10.2 Å². The van der Waals surface area contributed by atoms with Crippen molar-refractivity contribution in [3.05, 3.63) is 18.2 Å². The second-order valence-corrected chi connectivity index (χ2v) is 11.5. The SMILES string of the molecule is CC(C)n1nnc2cc(S(=O)(=O)N3CCC[C@H](C(=O)NCCCN4CCCCC4)C3)ccc21. The molecule has 0 unspecified atom stereocenters. The van der Waals surface area contributed by atoms with Gasteiger partial charge in [-0.15, -0.1) is 5.10 Å². The summed E-state index contributed by atoms with van der Waals surface area (Å²) in [4.78, 5) is 15.4. The Bertz CT molecular complexity index is 1060. The van der Waals surface area contributed by atoms with Crippen molar-refractivity contribution in [1.29, 1.82) is 0 Å². The highest BCUT2D eigenvalue weighted by Crippen LogP contribution is 2.26. The number of carbonyl (C=O) groups excluding carboxylic acids is 1. The van der Waals surface area contributed by atoms with E-state index >= 15 is 0 Å². The van der Waals surface area contributed by atoms with Gasteiger partial charge in [0.2, 0.25) is 15.9 Å². The Labute approximate surface area is 196 Å². The third-order valence-electron chi connectivity index (χ3n) is 6.72. The van der Waals surface area contributed by atoms with Crippen molar-refractivity contribution in [2.45, 2.75) is 63.3 Å². The van der Waals surface area contributed by atoms with E-state index in [0.29, 0.717) is 31.4 Å². The Morgan fingerprint density at radius 3 is 2.70 bits per heavy atom. The first-order valence-electron chi connectivity index (χ1n) is 12.2. The third-order valence-corrected chi connectivity index (χ3v) is 8.58. The summed E-state index contributed by atoms with van der Waals surface area (Å²) in [7, 11) is -3.70. The number of carbonyl (C=O) groups is 1. The summed E-state index contributed by atoms with van der Waals surface area (Å²) >= 11 is 0. The monoisotopic (exact) mass is 476 g/mol. The standard InChI is InChI=1S/C23H36N6O3S/c1-18(2)29-22-10-9-20(16-21(22)25-26-29)33(31,32)28-15-6-8-19(17-28)23(30)24-11-7-14-27-12-4-3-5-13-27/h9-10,16,18-19H,3-8,11-15,17H2,1-2H3,(H,24,30)/t19-/m0/s1. The number of nitrogens with one attached hydrogen (secondary N) is 1. The molecule has 3 heterocycles. The van der Waals surface area contributed by atoms with Crippen LogP contribution >= 0.6 is 0 Å². The van der Waals surface area contributed by atoms with E-state index in [4.69, 9.17) is 0 Å². The predicted molar refractivity (Wildman–Crippen MR) is 127 cm³/mol. The van der Waals surface area contributed by atoms with Gasteiger partial charge in [-0.2, -0.15) is 4.31 Å². The molecule has 1 amide bonds. The molecule has 2 aliphatic heterocycles. The number of hydrogen-bond acceptors (Lipinski definition) is 6. The lowest BCUT2D eigenvalue weighted by Gasteiger charge is -2.31. The molecule has 1 aromatic heterocycles. The van der Waals surface area contributed by atoms with Crippen LogP contribution in [0.5, 0.6) is 0 Å². The van der Waals surface area contributed by atoms with E-state index in [1.54, 1.807) is 22.9 Å². The van der Waals surface area contributed by atoms with Gasteiger partial charge in [0.25, 0.3) is 0 Å². The predicted octanol–water partition coefficient (Wildman–Crippen LogP) is 2.41. The molecule has 2 aromatic rings. The number of piperidine rings is 2. The van der Waals surface area contributed by atoms with Gasteiger partial charge in [0.05, 0.1) is 16.3 Å². The first kappa shape index (κ1) is 24.1. The molecule has 4 rings (SSSR count). The highest BCUT2D eigenvalue weighted by Gasteiger charge is 2.33. The van der Waals surface area contributed by atoms with E-state index in [1.165, 1.54) is 23.6 Å². The Morgan fingerprint density at radius 2 is 1.94 bits per heavy atom. The molecule has 9 nitrogen and oxygen atoms in total. The summed E-state index contributed by atoms with van der Waals surface area (Å²) in [5.74, 6) is -0.349. The van der Waals surface area contributed by atoms with E-state index in [0.717, 1.165) is 31.6 Å². The molecule has 2 fully saturated rings. The molecule has 0 spiro atoms. The van der Waals surface area contributed by atoms with Crippen LogP contribution in [0.3, 0.4) is 0 Å². The largest absolute Gasteiger partial charge is 0.356 e. The topological polar surface area (TPSA) is 100 Å². The van der Waals surface area contributed by atoms with Crippen LogP contribution in [0.15, 0.2) is 23.1 Å². The van der Waals surface area contributed by atoms with Gasteiger partial charge in [-0.3, -0.25) is 4.79 Å². The zero-order valence-electron chi connectivity index (χ0n) is 19.7.